The highest BCUT2D eigenvalue weighted by Gasteiger charge is 2.23. The Labute approximate surface area is 165 Å². The fourth-order valence-electron chi connectivity index (χ4n) is 4.32. The Bertz CT molecular complexity index is 1040. The van der Waals surface area contributed by atoms with E-state index in [1.807, 2.05) is 19.2 Å². The first kappa shape index (κ1) is 18.9. The highest BCUT2D eigenvalue weighted by molar-refractivity contribution is 5.85. The zero-order chi connectivity index (χ0) is 19.7. The van der Waals surface area contributed by atoms with Crippen molar-refractivity contribution in [3.63, 3.8) is 0 Å². The van der Waals surface area contributed by atoms with Crippen molar-refractivity contribution in [3.05, 3.63) is 52.1 Å². The fourth-order valence-corrected chi connectivity index (χ4v) is 4.32. The SMILES string of the molecule is COCCN1CCC(Cn2ccnc2-c2cc3cc(C)cc(C)c3[nH]c2=O)C1. The number of hydrogen-bond acceptors (Lipinski definition) is 4. The zero-order valence-electron chi connectivity index (χ0n) is 16.9. The maximum atomic E-state index is 12.8. The summed E-state index contributed by atoms with van der Waals surface area (Å²) < 4.78 is 7.32. The Balaban J connectivity index is 1.61. The first-order valence-corrected chi connectivity index (χ1v) is 9.92. The van der Waals surface area contributed by atoms with E-state index in [2.05, 4.69) is 38.5 Å². The number of imidazole rings is 1. The molecule has 1 unspecified atom stereocenters. The Morgan fingerprint density at radius 3 is 2.96 bits per heavy atom. The van der Waals surface area contributed by atoms with Crippen LogP contribution in [-0.2, 0) is 11.3 Å². The maximum Gasteiger partial charge on any atom is 0.259 e. The average molecular weight is 380 g/mol. The zero-order valence-corrected chi connectivity index (χ0v) is 16.9. The normalized spacial score (nSPS) is 17.6. The highest BCUT2D eigenvalue weighted by Crippen LogP contribution is 2.24. The molecule has 0 saturated carbocycles. The monoisotopic (exact) mass is 380 g/mol. The second-order valence-electron chi connectivity index (χ2n) is 7.91. The topological polar surface area (TPSA) is 63.1 Å². The molecule has 0 aliphatic carbocycles. The van der Waals surface area contributed by atoms with Crippen LogP contribution in [0.5, 0.6) is 0 Å². The number of nitrogens with zero attached hydrogens (tertiary/aromatic N) is 3. The molecule has 3 aromatic rings. The van der Waals surface area contributed by atoms with Gasteiger partial charge in [-0.15, -0.1) is 0 Å². The van der Waals surface area contributed by atoms with Crippen LogP contribution in [0.1, 0.15) is 17.5 Å². The third kappa shape index (κ3) is 3.75. The van der Waals surface area contributed by atoms with E-state index in [1.165, 1.54) is 5.56 Å². The lowest BCUT2D eigenvalue weighted by Gasteiger charge is -2.16. The Kier molecular flexibility index (Phi) is 5.33. The molecule has 1 N–H and O–H groups in total. The second kappa shape index (κ2) is 7.89. The molecule has 4 rings (SSSR count). The largest absolute Gasteiger partial charge is 0.383 e. The first-order chi connectivity index (χ1) is 13.5. The molecule has 0 radical (unpaired) electrons. The van der Waals surface area contributed by atoms with E-state index < -0.39 is 0 Å². The van der Waals surface area contributed by atoms with Crippen molar-refractivity contribution < 1.29 is 4.74 Å². The molecule has 148 valence electrons. The standard InChI is InChI=1S/C22H28N4O2/c1-15-10-16(2)20-18(11-15)12-19(22(27)24-20)21-23-5-7-26(21)14-17-4-6-25(13-17)8-9-28-3/h5,7,10-12,17H,4,6,8-9,13-14H2,1-3H3,(H,24,27). The average Bonchev–Trinajstić information content (AvgIpc) is 3.30. The molecule has 3 heterocycles. The maximum absolute atomic E-state index is 12.8. The van der Waals surface area contributed by atoms with Crippen LogP contribution in [0.4, 0.5) is 0 Å². The number of pyridine rings is 1. The number of likely N-dealkylation sites (tertiary alicyclic amines) is 1. The van der Waals surface area contributed by atoms with E-state index in [0.717, 1.165) is 61.5 Å². The smallest absolute Gasteiger partial charge is 0.259 e. The molecule has 1 aromatic carbocycles. The van der Waals surface area contributed by atoms with Gasteiger partial charge in [0.25, 0.3) is 5.56 Å². The van der Waals surface area contributed by atoms with E-state index in [0.29, 0.717) is 11.5 Å². The van der Waals surface area contributed by atoms with E-state index in [4.69, 9.17) is 4.74 Å². The predicted octanol–water partition coefficient (Wildman–Crippen LogP) is 2.98. The van der Waals surface area contributed by atoms with Gasteiger partial charge in [-0.25, -0.2) is 4.98 Å². The van der Waals surface area contributed by atoms with Gasteiger partial charge in [0.1, 0.15) is 5.82 Å². The van der Waals surface area contributed by atoms with Crippen molar-refractivity contribution in [2.24, 2.45) is 5.92 Å². The van der Waals surface area contributed by atoms with Gasteiger partial charge in [-0.1, -0.05) is 11.6 Å². The molecule has 1 aliphatic heterocycles. The molecule has 1 aliphatic rings. The molecule has 1 atom stereocenters. The molecule has 6 nitrogen and oxygen atoms in total. The fraction of sp³-hybridized carbons (Fsp3) is 0.455. The lowest BCUT2D eigenvalue weighted by Crippen LogP contribution is -2.25. The molecule has 0 bridgehead atoms. The molecule has 1 fully saturated rings. The van der Waals surface area contributed by atoms with Gasteiger partial charge in [-0.2, -0.15) is 0 Å². The molecule has 0 spiro atoms. The van der Waals surface area contributed by atoms with Crippen molar-refractivity contribution in [2.45, 2.75) is 26.8 Å². The third-order valence-electron chi connectivity index (χ3n) is 5.69. The van der Waals surface area contributed by atoms with Gasteiger partial charge in [-0.05, 0) is 55.8 Å². The van der Waals surface area contributed by atoms with Crippen molar-refractivity contribution in [3.8, 4) is 11.4 Å². The van der Waals surface area contributed by atoms with E-state index in [1.54, 1.807) is 13.3 Å². The number of benzene rings is 1. The lowest BCUT2D eigenvalue weighted by molar-refractivity contribution is 0.158. The number of hydrogen-bond donors (Lipinski definition) is 1. The molecule has 28 heavy (non-hydrogen) atoms. The minimum Gasteiger partial charge on any atom is -0.383 e. The summed E-state index contributed by atoms with van der Waals surface area (Å²) in [5, 5.41) is 1.05. The van der Waals surface area contributed by atoms with Gasteiger partial charge >= 0.3 is 0 Å². The summed E-state index contributed by atoms with van der Waals surface area (Å²) in [7, 11) is 1.75. The molecule has 0 amide bonds. The summed E-state index contributed by atoms with van der Waals surface area (Å²) in [6.07, 6.45) is 4.93. The van der Waals surface area contributed by atoms with Gasteiger partial charge in [0.15, 0.2) is 0 Å². The summed E-state index contributed by atoms with van der Waals surface area (Å²) in [5.41, 5.74) is 3.73. The molecular weight excluding hydrogens is 352 g/mol. The van der Waals surface area contributed by atoms with E-state index in [-0.39, 0.29) is 5.56 Å². The third-order valence-corrected chi connectivity index (χ3v) is 5.69. The number of ether oxygens (including phenoxy) is 1. The number of aromatic nitrogens is 3. The molecule has 2 aromatic heterocycles. The van der Waals surface area contributed by atoms with E-state index >= 15 is 0 Å². The minimum atomic E-state index is -0.0833. The van der Waals surface area contributed by atoms with Gasteiger partial charge < -0.3 is 19.2 Å². The van der Waals surface area contributed by atoms with Crippen molar-refractivity contribution >= 4 is 10.9 Å². The number of rotatable bonds is 6. The highest BCUT2D eigenvalue weighted by atomic mass is 16.5. The van der Waals surface area contributed by atoms with Crippen LogP contribution in [0.25, 0.3) is 22.3 Å². The van der Waals surface area contributed by atoms with E-state index in [9.17, 15) is 4.79 Å². The lowest BCUT2D eigenvalue weighted by atomic mass is 10.0. The Morgan fingerprint density at radius 2 is 2.14 bits per heavy atom. The minimum absolute atomic E-state index is 0.0833. The molecule has 6 heteroatoms. The van der Waals surface area contributed by atoms with Gasteiger partial charge in [0, 0.05) is 39.1 Å². The van der Waals surface area contributed by atoms with Crippen LogP contribution in [0.2, 0.25) is 0 Å². The van der Waals surface area contributed by atoms with Gasteiger partial charge in [-0.3, -0.25) is 4.79 Å². The Hall–Kier alpha value is -2.44. The summed E-state index contributed by atoms with van der Waals surface area (Å²) in [4.78, 5) is 22.8. The number of aromatic amines is 1. The van der Waals surface area contributed by atoms with Crippen LogP contribution in [0.15, 0.2) is 35.4 Å². The van der Waals surface area contributed by atoms with Crippen LogP contribution < -0.4 is 5.56 Å². The molecular formula is C22H28N4O2. The van der Waals surface area contributed by atoms with Crippen LogP contribution in [0.3, 0.4) is 0 Å². The quantitative estimate of drug-likeness (QED) is 0.714. The number of nitrogens with one attached hydrogen (secondary N) is 1. The van der Waals surface area contributed by atoms with Crippen LogP contribution in [-0.4, -0.2) is 52.8 Å². The number of aryl methyl sites for hydroxylation is 2. The summed E-state index contributed by atoms with van der Waals surface area (Å²) in [6, 6.07) is 6.18. The summed E-state index contributed by atoms with van der Waals surface area (Å²) in [6.45, 7) is 8.90. The predicted molar refractivity (Wildman–Crippen MR) is 112 cm³/mol. The Morgan fingerprint density at radius 1 is 1.29 bits per heavy atom. The number of H-pyrrole nitrogens is 1. The first-order valence-electron chi connectivity index (χ1n) is 9.92. The van der Waals surface area contributed by atoms with Crippen molar-refractivity contribution in [2.75, 3.05) is 33.4 Å². The summed E-state index contributed by atoms with van der Waals surface area (Å²) in [5.74, 6) is 1.31. The van der Waals surface area contributed by atoms with Gasteiger partial charge in [0.05, 0.1) is 17.7 Å². The van der Waals surface area contributed by atoms with Crippen molar-refractivity contribution in [1.82, 2.24) is 19.4 Å². The molecule has 1 saturated heterocycles. The van der Waals surface area contributed by atoms with Crippen molar-refractivity contribution in [1.29, 1.82) is 0 Å². The number of fused-ring (bicyclic) bond motifs is 1. The van der Waals surface area contributed by atoms with Crippen LogP contribution >= 0.6 is 0 Å². The number of methoxy groups -OCH3 is 1. The second-order valence-corrected chi connectivity index (χ2v) is 7.91. The summed E-state index contributed by atoms with van der Waals surface area (Å²) >= 11 is 0. The van der Waals surface area contributed by atoms with Gasteiger partial charge in [0.2, 0.25) is 0 Å². The van der Waals surface area contributed by atoms with Crippen LogP contribution in [0, 0.1) is 19.8 Å².